The zero-order valence-electron chi connectivity index (χ0n) is 19.9. The topological polar surface area (TPSA) is 143 Å². The molecule has 1 aromatic carbocycles. The van der Waals surface area contributed by atoms with E-state index in [1.165, 1.54) is 0 Å². The molecule has 1 fully saturated rings. The first kappa shape index (κ1) is 24.6. The number of amides is 1. The Morgan fingerprint density at radius 1 is 1.09 bits per heavy atom. The Morgan fingerprint density at radius 3 is 2.71 bits per heavy atom. The molecule has 1 saturated heterocycles. The molecule has 0 radical (unpaired) electrons. The van der Waals surface area contributed by atoms with Crippen molar-refractivity contribution in [2.75, 3.05) is 68.0 Å². The lowest BCUT2D eigenvalue weighted by molar-refractivity contribution is 0.161. The van der Waals surface area contributed by atoms with Crippen molar-refractivity contribution in [3.05, 3.63) is 42.6 Å². The lowest BCUT2D eigenvalue weighted by Crippen LogP contribution is -2.43. The average molecular weight is 479 g/mol. The van der Waals surface area contributed by atoms with Gasteiger partial charge in [-0.1, -0.05) is 18.2 Å². The zero-order valence-corrected chi connectivity index (χ0v) is 19.9. The van der Waals surface area contributed by atoms with Gasteiger partial charge in [0.25, 0.3) is 0 Å². The summed E-state index contributed by atoms with van der Waals surface area (Å²) in [5, 5.41) is 11.4. The summed E-state index contributed by atoms with van der Waals surface area (Å²) in [5.74, 6) is 2.05. The molecule has 1 aliphatic heterocycles. The fourth-order valence-corrected chi connectivity index (χ4v) is 4.08. The number of ether oxygens (including phenoxy) is 1. The number of carbonyl (C=O) groups excluding carboxylic acids is 1. The van der Waals surface area contributed by atoms with E-state index in [0.29, 0.717) is 37.7 Å². The molecule has 0 bridgehead atoms. The third kappa shape index (κ3) is 6.36. The smallest absolute Gasteiger partial charge is 0.412 e. The van der Waals surface area contributed by atoms with Crippen molar-refractivity contribution in [3.8, 4) is 11.1 Å². The van der Waals surface area contributed by atoms with Gasteiger partial charge in [-0.2, -0.15) is 0 Å². The number of carbonyl (C=O) groups is 1. The molecule has 0 saturated carbocycles. The van der Waals surface area contributed by atoms with E-state index >= 15 is 0 Å². The van der Waals surface area contributed by atoms with Crippen molar-refractivity contribution < 1.29 is 9.53 Å². The first-order valence-corrected chi connectivity index (χ1v) is 12.1. The van der Waals surface area contributed by atoms with Gasteiger partial charge >= 0.3 is 6.09 Å². The zero-order chi connectivity index (χ0) is 24.5. The van der Waals surface area contributed by atoms with E-state index in [1.807, 2.05) is 30.5 Å². The van der Waals surface area contributed by atoms with E-state index in [1.54, 1.807) is 0 Å². The summed E-state index contributed by atoms with van der Waals surface area (Å²) in [6.45, 7) is 5.70. The molecule has 1 aliphatic rings. The van der Waals surface area contributed by atoms with Gasteiger partial charge in [0, 0.05) is 44.3 Å². The first-order valence-electron chi connectivity index (χ1n) is 12.1. The Kier molecular flexibility index (Phi) is 8.66. The fraction of sp³-hybridized carbons (Fsp3) is 0.400. The highest BCUT2D eigenvalue weighted by atomic mass is 16.5. The maximum atomic E-state index is 12.3. The van der Waals surface area contributed by atoms with E-state index < -0.39 is 6.09 Å². The SMILES string of the molecule is NCCCNc1nc(NC(=O)OCCCN)cc2c(-c3ccnc(N4CCNCC4)c3)cccc12. The van der Waals surface area contributed by atoms with Crippen molar-refractivity contribution in [3.63, 3.8) is 0 Å². The third-order valence-corrected chi connectivity index (χ3v) is 5.86. The number of nitrogens with one attached hydrogen (secondary N) is 3. The van der Waals surface area contributed by atoms with Crippen LogP contribution < -0.4 is 32.3 Å². The van der Waals surface area contributed by atoms with Crippen LogP contribution >= 0.6 is 0 Å². The number of rotatable bonds is 10. The van der Waals surface area contributed by atoms with Crippen molar-refractivity contribution >= 4 is 34.3 Å². The van der Waals surface area contributed by atoms with Crippen LogP contribution in [-0.4, -0.2) is 68.5 Å². The van der Waals surface area contributed by atoms with Gasteiger partial charge < -0.3 is 31.7 Å². The van der Waals surface area contributed by atoms with Crippen LogP contribution in [0.1, 0.15) is 12.8 Å². The van der Waals surface area contributed by atoms with E-state index in [0.717, 1.165) is 60.3 Å². The summed E-state index contributed by atoms with van der Waals surface area (Å²) in [6, 6.07) is 12.1. The highest BCUT2D eigenvalue weighted by Gasteiger charge is 2.16. The summed E-state index contributed by atoms with van der Waals surface area (Å²) >= 11 is 0. The second-order valence-electron chi connectivity index (χ2n) is 8.37. The average Bonchev–Trinajstić information content (AvgIpc) is 2.89. The number of fused-ring (bicyclic) bond motifs is 1. The Morgan fingerprint density at radius 2 is 1.91 bits per heavy atom. The van der Waals surface area contributed by atoms with Gasteiger partial charge in [-0.15, -0.1) is 0 Å². The first-order chi connectivity index (χ1) is 17.2. The molecule has 10 nitrogen and oxygen atoms in total. The van der Waals surface area contributed by atoms with E-state index in [-0.39, 0.29) is 6.61 Å². The summed E-state index contributed by atoms with van der Waals surface area (Å²) in [5.41, 5.74) is 13.2. The molecule has 35 heavy (non-hydrogen) atoms. The van der Waals surface area contributed by atoms with Gasteiger partial charge in [-0.05, 0) is 60.6 Å². The molecule has 3 heterocycles. The van der Waals surface area contributed by atoms with Crippen molar-refractivity contribution in [2.45, 2.75) is 12.8 Å². The second kappa shape index (κ2) is 12.3. The van der Waals surface area contributed by atoms with Crippen molar-refractivity contribution in [1.82, 2.24) is 15.3 Å². The number of hydrogen-bond acceptors (Lipinski definition) is 9. The van der Waals surface area contributed by atoms with Gasteiger partial charge in [0.2, 0.25) is 0 Å². The number of pyridine rings is 2. The molecular formula is C25H34N8O2. The summed E-state index contributed by atoms with van der Waals surface area (Å²) in [6.07, 6.45) is 2.70. The van der Waals surface area contributed by atoms with Crippen LogP contribution in [-0.2, 0) is 4.74 Å². The molecule has 3 aromatic rings. The number of aromatic nitrogens is 2. The van der Waals surface area contributed by atoms with Gasteiger partial charge in [0.15, 0.2) is 0 Å². The van der Waals surface area contributed by atoms with Crippen molar-refractivity contribution in [1.29, 1.82) is 0 Å². The predicted molar refractivity (Wildman–Crippen MR) is 141 cm³/mol. The third-order valence-electron chi connectivity index (χ3n) is 5.86. The molecular weight excluding hydrogens is 444 g/mol. The number of hydrogen-bond donors (Lipinski definition) is 5. The molecule has 2 aromatic heterocycles. The standard InChI is InChI=1S/C25H34N8O2/c26-7-2-9-30-24-20-5-1-4-19(18-6-10-29-23(16-18)33-13-11-28-12-14-33)21(20)17-22(31-24)32-25(34)35-15-3-8-27/h1,4-6,10,16-17,28H,2-3,7-9,11-15,26-27H2,(H2,30,31,32,34). The molecule has 1 amide bonds. The summed E-state index contributed by atoms with van der Waals surface area (Å²) in [7, 11) is 0. The molecule has 0 spiro atoms. The normalized spacial score (nSPS) is 13.6. The van der Waals surface area contributed by atoms with Crippen LogP contribution in [0.5, 0.6) is 0 Å². The summed E-state index contributed by atoms with van der Waals surface area (Å²) < 4.78 is 5.21. The van der Waals surface area contributed by atoms with Crippen LogP contribution in [0, 0.1) is 0 Å². The molecule has 0 unspecified atom stereocenters. The molecule has 0 aliphatic carbocycles. The number of nitrogens with zero attached hydrogens (tertiary/aromatic N) is 3. The van der Waals surface area contributed by atoms with Gasteiger partial charge in [-0.25, -0.2) is 14.8 Å². The highest BCUT2D eigenvalue weighted by molar-refractivity contribution is 6.04. The maximum absolute atomic E-state index is 12.3. The molecule has 186 valence electrons. The van der Waals surface area contributed by atoms with Gasteiger partial charge in [-0.3, -0.25) is 5.32 Å². The Hall–Kier alpha value is -3.47. The van der Waals surface area contributed by atoms with Gasteiger partial charge in [0.1, 0.15) is 17.5 Å². The largest absolute Gasteiger partial charge is 0.449 e. The van der Waals surface area contributed by atoms with E-state index in [4.69, 9.17) is 16.2 Å². The fourth-order valence-electron chi connectivity index (χ4n) is 4.08. The second-order valence-corrected chi connectivity index (χ2v) is 8.37. The van der Waals surface area contributed by atoms with E-state index in [2.05, 4.69) is 43.0 Å². The lowest BCUT2D eigenvalue weighted by Gasteiger charge is -2.28. The van der Waals surface area contributed by atoms with Crippen LogP contribution in [0.25, 0.3) is 21.9 Å². The number of anilines is 3. The monoisotopic (exact) mass is 478 g/mol. The van der Waals surface area contributed by atoms with Gasteiger partial charge in [0.05, 0.1) is 6.61 Å². The number of benzene rings is 1. The molecule has 10 heteroatoms. The lowest BCUT2D eigenvalue weighted by atomic mass is 9.99. The Bertz CT molecular complexity index is 1130. The minimum absolute atomic E-state index is 0.259. The quantitative estimate of drug-likeness (QED) is 0.277. The Labute approximate surface area is 205 Å². The minimum atomic E-state index is -0.555. The van der Waals surface area contributed by atoms with Crippen LogP contribution in [0.15, 0.2) is 42.6 Å². The van der Waals surface area contributed by atoms with Crippen LogP contribution in [0.2, 0.25) is 0 Å². The Balaban J connectivity index is 1.71. The number of nitrogens with two attached hydrogens (primary N) is 2. The molecule has 7 N–H and O–H groups in total. The highest BCUT2D eigenvalue weighted by Crippen LogP contribution is 2.34. The maximum Gasteiger partial charge on any atom is 0.412 e. The number of piperazine rings is 1. The van der Waals surface area contributed by atoms with E-state index in [9.17, 15) is 4.79 Å². The predicted octanol–water partition coefficient (Wildman–Crippen LogP) is 2.36. The van der Waals surface area contributed by atoms with Crippen LogP contribution in [0.4, 0.5) is 22.2 Å². The van der Waals surface area contributed by atoms with Crippen LogP contribution in [0.3, 0.4) is 0 Å². The minimum Gasteiger partial charge on any atom is -0.449 e. The molecule has 0 atom stereocenters. The molecule has 4 rings (SSSR count). The summed E-state index contributed by atoms with van der Waals surface area (Å²) in [4.78, 5) is 23.8. The van der Waals surface area contributed by atoms with Crippen molar-refractivity contribution in [2.24, 2.45) is 11.5 Å².